The molecule has 1 fully saturated rings. The molecule has 0 unspecified atom stereocenters. The van der Waals surface area contributed by atoms with Crippen LogP contribution in [0.15, 0.2) is 54.9 Å². The number of hydrogen-bond acceptors (Lipinski definition) is 4. The van der Waals surface area contributed by atoms with Gasteiger partial charge in [0.2, 0.25) is 0 Å². The first-order valence-electron chi connectivity index (χ1n) is 10.1. The van der Waals surface area contributed by atoms with Crippen molar-refractivity contribution in [2.24, 2.45) is 7.05 Å². The fourth-order valence-electron chi connectivity index (χ4n) is 4.30. The van der Waals surface area contributed by atoms with Gasteiger partial charge >= 0.3 is 5.97 Å². The van der Waals surface area contributed by atoms with E-state index in [0.29, 0.717) is 28.4 Å². The molecule has 0 radical (unpaired) electrons. The highest BCUT2D eigenvalue weighted by molar-refractivity contribution is 6.04. The van der Waals surface area contributed by atoms with Gasteiger partial charge in [0.1, 0.15) is 5.56 Å². The van der Waals surface area contributed by atoms with Crippen molar-refractivity contribution >= 4 is 22.6 Å². The molecule has 1 aliphatic carbocycles. The minimum absolute atomic E-state index is 0.0409. The van der Waals surface area contributed by atoms with Crippen LogP contribution in [0.25, 0.3) is 33.3 Å². The molecule has 0 atom stereocenters. The van der Waals surface area contributed by atoms with Crippen molar-refractivity contribution in [1.29, 1.82) is 5.26 Å². The normalized spacial score (nSPS) is 13.3. The molecule has 0 spiro atoms. The van der Waals surface area contributed by atoms with Crippen molar-refractivity contribution in [2.45, 2.75) is 18.8 Å². The van der Waals surface area contributed by atoms with Gasteiger partial charge in [-0.05, 0) is 48.6 Å². The zero-order valence-corrected chi connectivity index (χ0v) is 17.0. The van der Waals surface area contributed by atoms with Gasteiger partial charge in [-0.3, -0.25) is 4.98 Å². The van der Waals surface area contributed by atoms with Crippen LogP contribution in [0.3, 0.4) is 0 Å². The Morgan fingerprint density at radius 2 is 2.00 bits per heavy atom. The SMILES string of the molecule is Cn1ccc2cc(-c3ncc(C4CC4)c(N)c3C(=O)O)cc(-c3ccccc3C#N)c21. The summed E-state index contributed by atoms with van der Waals surface area (Å²) in [5.74, 6) is -0.788. The van der Waals surface area contributed by atoms with Gasteiger partial charge in [-0.25, -0.2) is 4.79 Å². The molecule has 1 saturated carbocycles. The zero-order chi connectivity index (χ0) is 21.7. The maximum absolute atomic E-state index is 12.2. The van der Waals surface area contributed by atoms with Gasteiger partial charge in [-0.15, -0.1) is 0 Å². The molecule has 2 aromatic carbocycles. The molecule has 6 nitrogen and oxygen atoms in total. The van der Waals surface area contributed by atoms with E-state index >= 15 is 0 Å². The largest absolute Gasteiger partial charge is 0.478 e. The van der Waals surface area contributed by atoms with E-state index in [1.54, 1.807) is 12.3 Å². The highest BCUT2D eigenvalue weighted by Gasteiger charge is 2.30. The first kappa shape index (κ1) is 18.9. The van der Waals surface area contributed by atoms with Gasteiger partial charge < -0.3 is 15.4 Å². The molecular formula is C25H20N4O2. The number of aromatic nitrogens is 2. The van der Waals surface area contributed by atoms with E-state index in [0.717, 1.165) is 40.4 Å². The lowest BCUT2D eigenvalue weighted by Gasteiger charge is -2.15. The minimum atomic E-state index is -1.09. The molecule has 2 aromatic heterocycles. The molecule has 0 amide bonds. The molecule has 3 N–H and O–H groups in total. The molecule has 0 bridgehead atoms. The number of nitrogens with zero attached hydrogens (tertiary/aromatic N) is 3. The Hall–Kier alpha value is -4.11. The number of pyridine rings is 1. The molecule has 0 saturated heterocycles. The highest BCUT2D eigenvalue weighted by Crippen LogP contribution is 2.45. The van der Waals surface area contributed by atoms with Crippen molar-refractivity contribution in [3.63, 3.8) is 0 Å². The molecule has 5 rings (SSSR count). The Morgan fingerprint density at radius 1 is 1.23 bits per heavy atom. The summed E-state index contributed by atoms with van der Waals surface area (Å²) in [6.07, 6.45) is 5.68. The third-order valence-electron chi connectivity index (χ3n) is 5.96. The zero-order valence-electron chi connectivity index (χ0n) is 17.0. The molecule has 4 aromatic rings. The highest BCUT2D eigenvalue weighted by atomic mass is 16.4. The average molecular weight is 408 g/mol. The van der Waals surface area contributed by atoms with Crippen LogP contribution in [0.4, 0.5) is 5.69 Å². The predicted molar refractivity (Wildman–Crippen MR) is 120 cm³/mol. The number of nitrogens with two attached hydrogens (primary N) is 1. The van der Waals surface area contributed by atoms with E-state index in [4.69, 9.17) is 5.73 Å². The number of benzene rings is 2. The van der Waals surface area contributed by atoms with Gasteiger partial charge in [0.25, 0.3) is 0 Å². The first-order chi connectivity index (χ1) is 15.0. The Labute approximate surface area is 179 Å². The Balaban J connectivity index is 1.81. The summed E-state index contributed by atoms with van der Waals surface area (Å²) in [5.41, 5.74) is 11.6. The van der Waals surface area contributed by atoms with E-state index in [9.17, 15) is 15.2 Å². The van der Waals surface area contributed by atoms with Crippen LogP contribution in [0.5, 0.6) is 0 Å². The molecule has 0 aliphatic heterocycles. The minimum Gasteiger partial charge on any atom is -0.478 e. The van der Waals surface area contributed by atoms with Gasteiger partial charge in [0.05, 0.1) is 28.5 Å². The molecule has 31 heavy (non-hydrogen) atoms. The number of hydrogen-bond donors (Lipinski definition) is 2. The fraction of sp³-hybridized carbons (Fsp3) is 0.160. The van der Waals surface area contributed by atoms with E-state index in [1.165, 1.54) is 0 Å². The van der Waals surface area contributed by atoms with Crippen LogP contribution in [0.2, 0.25) is 0 Å². The second-order valence-corrected chi connectivity index (χ2v) is 7.98. The number of fused-ring (bicyclic) bond motifs is 1. The number of nitriles is 1. The second kappa shape index (κ2) is 6.99. The van der Waals surface area contributed by atoms with Crippen molar-refractivity contribution < 1.29 is 9.90 Å². The van der Waals surface area contributed by atoms with E-state index in [2.05, 4.69) is 11.1 Å². The number of anilines is 1. The summed E-state index contributed by atoms with van der Waals surface area (Å²) in [4.78, 5) is 16.7. The molecular weight excluding hydrogens is 388 g/mol. The number of carboxylic acid groups (broad SMARTS) is 1. The van der Waals surface area contributed by atoms with Crippen molar-refractivity contribution in [3.05, 3.63) is 71.5 Å². The summed E-state index contributed by atoms with van der Waals surface area (Å²) < 4.78 is 2.00. The topological polar surface area (TPSA) is 105 Å². The lowest BCUT2D eigenvalue weighted by molar-refractivity contribution is 0.0698. The fourth-order valence-corrected chi connectivity index (χ4v) is 4.30. The summed E-state index contributed by atoms with van der Waals surface area (Å²) >= 11 is 0. The lowest BCUT2D eigenvalue weighted by Crippen LogP contribution is -2.09. The van der Waals surface area contributed by atoms with Crippen LogP contribution in [0.1, 0.15) is 40.2 Å². The number of nitrogen functional groups attached to an aromatic ring is 1. The Morgan fingerprint density at radius 3 is 2.71 bits per heavy atom. The predicted octanol–water partition coefficient (Wildman–Crippen LogP) is 4.94. The van der Waals surface area contributed by atoms with Crippen LogP contribution in [0, 0.1) is 11.3 Å². The van der Waals surface area contributed by atoms with Gasteiger partial charge in [0, 0.05) is 41.5 Å². The van der Waals surface area contributed by atoms with E-state index in [1.807, 2.05) is 54.2 Å². The monoisotopic (exact) mass is 408 g/mol. The maximum Gasteiger partial charge on any atom is 0.340 e. The number of rotatable bonds is 4. The van der Waals surface area contributed by atoms with Crippen molar-refractivity contribution in [1.82, 2.24) is 9.55 Å². The van der Waals surface area contributed by atoms with Gasteiger partial charge in [-0.1, -0.05) is 18.2 Å². The number of carboxylic acids is 1. The first-order valence-corrected chi connectivity index (χ1v) is 10.1. The van der Waals surface area contributed by atoms with Crippen molar-refractivity contribution in [3.8, 4) is 28.5 Å². The Kier molecular flexibility index (Phi) is 4.26. The molecule has 2 heterocycles. The number of aromatic carboxylic acids is 1. The smallest absolute Gasteiger partial charge is 0.340 e. The molecule has 6 heteroatoms. The van der Waals surface area contributed by atoms with Crippen LogP contribution in [-0.4, -0.2) is 20.6 Å². The van der Waals surface area contributed by atoms with E-state index in [-0.39, 0.29) is 5.56 Å². The second-order valence-electron chi connectivity index (χ2n) is 7.98. The summed E-state index contributed by atoms with van der Waals surface area (Å²) in [6, 6.07) is 15.5. The molecule has 152 valence electrons. The number of carbonyl (C=O) groups is 1. The quantitative estimate of drug-likeness (QED) is 0.498. The average Bonchev–Trinajstić information content (AvgIpc) is 3.55. The Bertz CT molecular complexity index is 1410. The standard InChI is InChI=1S/C25H20N4O2/c1-29-9-8-15-10-17(11-19(24(15)29)18-5-3-2-4-16(18)12-26)23-21(25(30)31)22(27)20(13-28-23)14-6-7-14/h2-5,8-11,13-14H,6-7H2,1H3,(H2,27,28)(H,30,31). The summed E-state index contributed by atoms with van der Waals surface area (Å²) in [6.45, 7) is 0. The number of aryl methyl sites for hydroxylation is 1. The third kappa shape index (κ3) is 3.03. The van der Waals surface area contributed by atoms with Crippen molar-refractivity contribution in [2.75, 3.05) is 5.73 Å². The van der Waals surface area contributed by atoms with Crippen LogP contribution >= 0.6 is 0 Å². The molecule has 1 aliphatic rings. The summed E-state index contributed by atoms with van der Waals surface area (Å²) in [5, 5.41) is 20.5. The maximum atomic E-state index is 12.2. The van der Waals surface area contributed by atoms with Gasteiger partial charge in [-0.2, -0.15) is 5.26 Å². The van der Waals surface area contributed by atoms with Crippen LogP contribution in [-0.2, 0) is 7.05 Å². The lowest BCUT2D eigenvalue weighted by atomic mass is 9.93. The van der Waals surface area contributed by atoms with Crippen LogP contribution < -0.4 is 5.73 Å². The van der Waals surface area contributed by atoms with E-state index < -0.39 is 5.97 Å². The van der Waals surface area contributed by atoms with Gasteiger partial charge in [0.15, 0.2) is 0 Å². The summed E-state index contributed by atoms with van der Waals surface area (Å²) in [7, 11) is 1.95. The third-order valence-corrected chi connectivity index (χ3v) is 5.96.